The molecule has 138 valence electrons. The van der Waals surface area contributed by atoms with E-state index < -0.39 is 0 Å². The number of carbonyl (C=O) groups is 1. The zero-order valence-corrected chi connectivity index (χ0v) is 15.1. The molecule has 2 aromatic rings. The van der Waals surface area contributed by atoms with E-state index in [9.17, 15) is 4.79 Å². The van der Waals surface area contributed by atoms with E-state index >= 15 is 0 Å². The molecule has 0 saturated heterocycles. The molecule has 0 spiro atoms. The summed E-state index contributed by atoms with van der Waals surface area (Å²) < 4.78 is 11.4. The molecule has 6 heteroatoms. The highest BCUT2D eigenvalue weighted by Crippen LogP contribution is 2.41. The smallest absolute Gasteiger partial charge is 0.255 e. The van der Waals surface area contributed by atoms with E-state index in [2.05, 4.69) is 16.3 Å². The van der Waals surface area contributed by atoms with Crippen molar-refractivity contribution in [3.8, 4) is 11.5 Å². The van der Waals surface area contributed by atoms with Crippen molar-refractivity contribution in [2.24, 2.45) is 5.73 Å². The van der Waals surface area contributed by atoms with Gasteiger partial charge in [-0.1, -0.05) is 18.2 Å². The van der Waals surface area contributed by atoms with Gasteiger partial charge in [0.2, 0.25) is 0 Å². The van der Waals surface area contributed by atoms with Crippen LogP contribution in [0, 0.1) is 0 Å². The summed E-state index contributed by atoms with van der Waals surface area (Å²) in [7, 11) is 1.65. The van der Waals surface area contributed by atoms with Crippen molar-refractivity contribution in [3.63, 3.8) is 0 Å². The van der Waals surface area contributed by atoms with Crippen LogP contribution in [0.5, 0.6) is 11.5 Å². The Hall–Kier alpha value is -2.99. The van der Waals surface area contributed by atoms with Crippen molar-refractivity contribution in [1.82, 2.24) is 5.32 Å². The van der Waals surface area contributed by atoms with E-state index in [1.165, 1.54) is 0 Å². The van der Waals surface area contributed by atoms with Gasteiger partial charge in [0.25, 0.3) is 5.91 Å². The zero-order valence-electron chi connectivity index (χ0n) is 15.1. The number of methoxy groups -OCH3 is 1. The fourth-order valence-electron chi connectivity index (χ4n) is 4.26. The molecule has 27 heavy (non-hydrogen) atoms. The van der Waals surface area contributed by atoms with Gasteiger partial charge in [-0.2, -0.15) is 0 Å². The van der Waals surface area contributed by atoms with Gasteiger partial charge < -0.3 is 25.4 Å². The Kier molecular flexibility index (Phi) is 3.62. The second-order valence-electron chi connectivity index (χ2n) is 7.09. The number of carbonyl (C=O) groups excluding carboxylic acids is 1. The van der Waals surface area contributed by atoms with Gasteiger partial charge in [0.15, 0.2) is 0 Å². The Balaban J connectivity index is 1.61. The van der Waals surface area contributed by atoms with Crippen molar-refractivity contribution in [2.75, 3.05) is 25.2 Å². The largest absolute Gasteiger partial charge is 0.496 e. The monoisotopic (exact) mass is 363 g/mol. The molecule has 2 aromatic carbocycles. The van der Waals surface area contributed by atoms with E-state index in [-0.39, 0.29) is 18.1 Å². The summed E-state index contributed by atoms with van der Waals surface area (Å²) in [4.78, 5) is 15.0. The number of nitrogens with two attached hydrogens (primary N) is 1. The van der Waals surface area contributed by atoms with Crippen LogP contribution in [0.4, 0.5) is 5.69 Å². The quantitative estimate of drug-likeness (QED) is 0.857. The molecule has 3 heterocycles. The maximum Gasteiger partial charge on any atom is 0.255 e. The summed E-state index contributed by atoms with van der Waals surface area (Å²) in [5.74, 6) is 1.48. The summed E-state index contributed by atoms with van der Waals surface area (Å²) in [6.45, 7) is 1.21. The van der Waals surface area contributed by atoms with Gasteiger partial charge >= 0.3 is 0 Å². The summed E-state index contributed by atoms with van der Waals surface area (Å²) in [6.07, 6.45) is 2.67. The number of nitrogens with zero attached hydrogens (tertiary/aromatic N) is 1. The molecule has 0 unspecified atom stereocenters. The number of benzene rings is 2. The molecular weight excluding hydrogens is 342 g/mol. The number of nitrogens with one attached hydrogen (secondary N) is 1. The fraction of sp³-hybridized carbons (Fsp3) is 0.286. The molecule has 0 aromatic heterocycles. The summed E-state index contributed by atoms with van der Waals surface area (Å²) >= 11 is 0. The van der Waals surface area contributed by atoms with Crippen LogP contribution in [0.1, 0.15) is 33.9 Å². The van der Waals surface area contributed by atoms with Crippen molar-refractivity contribution >= 4 is 17.7 Å². The molecule has 3 aliphatic rings. The minimum atomic E-state index is -0.253. The van der Waals surface area contributed by atoms with E-state index in [0.29, 0.717) is 12.2 Å². The van der Waals surface area contributed by atoms with Crippen molar-refractivity contribution in [3.05, 3.63) is 58.7 Å². The zero-order chi connectivity index (χ0) is 18.5. The van der Waals surface area contributed by atoms with Crippen LogP contribution in [0.15, 0.2) is 42.0 Å². The number of amides is 1. The Morgan fingerprint density at radius 3 is 2.96 bits per heavy atom. The second kappa shape index (κ2) is 6.03. The van der Waals surface area contributed by atoms with E-state index in [0.717, 1.165) is 46.9 Å². The molecule has 3 aliphatic heterocycles. The molecule has 0 saturated carbocycles. The van der Waals surface area contributed by atoms with Gasteiger partial charge in [-0.25, -0.2) is 0 Å². The lowest BCUT2D eigenvalue weighted by molar-refractivity contribution is 0.0930. The average Bonchev–Trinajstić information content (AvgIpc) is 2.71. The Bertz CT molecular complexity index is 969. The molecular formula is C21H21N3O3. The molecule has 1 amide bonds. The van der Waals surface area contributed by atoms with E-state index in [1.54, 1.807) is 7.11 Å². The molecule has 3 N–H and O–H groups in total. The highest BCUT2D eigenvalue weighted by atomic mass is 16.5. The van der Waals surface area contributed by atoms with Crippen LogP contribution < -0.4 is 25.4 Å². The predicted octanol–water partition coefficient (Wildman–Crippen LogP) is 2.45. The molecule has 0 radical (unpaired) electrons. The highest BCUT2D eigenvalue weighted by Gasteiger charge is 2.38. The molecule has 6 nitrogen and oxygen atoms in total. The number of para-hydroxylation sites is 1. The first kappa shape index (κ1) is 16.2. The lowest BCUT2D eigenvalue weighted by atomic mass is 9.90. The topological polar surface area (TPSA) is 76.8 Å². The molecule has 0 fully saturated rings. The standard InChI is InChI=1S/C21H21N3O3/c1-26-17-6-3-7-18-15(17)10-12(11-27-18)20-23-21(25)14-5-2-4-13-16(22)8-9-24(20)19(13)14/h2-7,10,16,20H,8-9,11,22H2,1H3,(H,23,25)/t16-,20+/m0/s1. The molecule has 2 atom stereocenters. The van der Waals surface area contributed by atoms with Gasteiger partial charge in [0, 0.05) is 18.2 Å². The third-order valence-corrected chi connectivity index (χ3v) is 5.58. The second-order valence-corrected chi connectivity index (χ2v) is 7.09. The van der Waals surface area contributed by atoms with Crippen LogP contribution >= 0.6 is 0 Å². The summed E-state index contributed by atoms with van der Waals surface area (Å²) in [5.41, 5.74) is 10.9. The predicted molar refractivity (Wildman–Crippen MR) is 103 cm³/mol. The summed E-state index contributed by atoms with van der Waals surface area (Å²) in [6, 6.07) is 11.5. The number of hydrogen-bond acceptors (Lipinski definition) is 5. The Morgan fingerprint density at radius 2 is 2.11 bits per heavy atom. The lowest BCUT2D eigenvalue weighted by Gasteiger charge is -2.45. The number of anilines is 1. The van der Waals surface area contributed by atoms with Gasteiger partial charge in [0.05, 0.1) is 23.9 Å². The summed E-state index contributed by atoms with van der Waals surface area (Å²) in [5, 5.41) is 3.14. The van der Waals surface area contributed by atoms with Crippen molar-refractivity contribution in [2.45, 2.75) is 18.6 Å². The molecule has 5 rings (SSSR count). The maximum absolute atomic E-state index is 12.8. The molecule has 0 bridgehead atoms. The fourth-order valence-corrected chi connectivity index (χ4v) is 4.26. The lowest BCUT2D eigenvalue weighted by Crippen LogP contribution is -2.57. The van der Waals surface area contributed by atoms with Gasteiger partial charge in [-0.3, -0.25) is 4.79 Å². The highest BCUT2D eigenvalue weighted by molar-refractivity contribution is 6.03. The van der Waals surface area contributed by atoms with Gasteiger partial charge in [-0.05, 0) is 36.3 Å². The number of rotatable bonds is 2. The van der Waals surface area contributed by atoms with Crippen LogP contribution in [0.3, 0.4) is 0 Å². The maximum atomic E-state index is 12.8. The Morgan fingerprint density at radius 1 is 1.26 bits per heavy atom. The third-order valence-electron chi connectivity index (χ3n) is 5.58. The van der Waals surface area contributed by atoms with Crippen molar-refractivity contribution in [1.29, 1.82) is 0 Å². The third kappa shape index (κ3) is 2.40. The first-order chi connectivity index (χ1) is 13.2. The SMILES string of the molecule is COc1cccc2c1C=C([C@@H]1NC(=O)c3cccc4c3N1CC[C@@H]4N)CO2. The van der Waals surface area contributed by atoms with Gasteiger partial charge in [0.1, 0.15) is 24.3 Å². The molecule has 0 aliphatic carbocycles. The normalized spacial score (nSPS) is 22.8. The van der Waals surface area contributed by atoms with E-state index in [1.807, 2.05) is 36.4 Å². The van der Waals surface area contributed by atoms with Crippen molar-refractivity contribution < 1.29 is 14.3 Å². The number of hydrogen-bond donors (Lipinski definition) is 2. The Labute approximate surface area is 157 Å². The van der Waals surface area contributed by atoms with E-state index in [4.69, 9.17) is 15.2 Å². The minimum absolute atomic E-state index is 0.0415. The van der Waals surface area contributed by atoms with Crippen LogP contribution in [0.2, 0.25) is 0 Å². The number of fused-ring (bicyclic) bond motifs is 1. The minimum Gasteiger partial charge on any atom is -0.496 e. The first-order valence-electron chi connectivity index (χ1n) is 9.13. The number of ether oxygens (including phenoxy) is 2. The van der Waals surface area contributed by atoms with Crippen LogP contribution in [-0.2, 0) is 0 Å². The van der Waals surface area contributed by atoms with Gasteiger partial charge in [-0.15, -0.1) is 0 Å². The van der Waals surface area contributed by atoms with Crippen LogP contribution in [-0.4, -0.2) is 32.3 Å². The average molecular weight is 363 g/mol. The first-order valence-corrected chi connectivity index (χ1v) is 9.13. The van der Waals surface area contributed by atoms with Crippen LogP contribution in [0.25, 0.3) is 6.08 Å².